The maximum absolute atomic E-state index is 11.3. The van der Waals surface area contributed by atoms with Crippen molar-refractivity contribution in [2.75, 3.05) is 0 Å². The van der Waals surface area contributed by atoms with E-state index in [1.165, 1.54) is 18.2 Å². The van der Waals surface area contributed by atoms with E-state index < -0.39 is 0 Å². The molecule has 4 heteroatoms. The van der Waals surface area contributed by atoms with Gasteiger partial charge in [0.15, 0.2) is 0 Å². The fourth-order valence-electron chi connectivity index (χ4n) is 1.66. The molecule has 0 aromatic heterocycles. The fraction of sp³-hybridized carbons (Fsp3) is 0.500. The third kappa shape index (κ3) is 2.10. The summed E-state index contributed by atoms with van der Waals surface area (Å²) in [6, 6.07) is 0. The number of carbonyl (C=O) groups excluding carboxylic acids is 2. The third-order valence-corrected chi connectivity index (χ3v) is 3.71. The first-order valence-electron chi connectivity index (χ1n) is 4.86. The second-order valence-corrected chi connectivity index (χ2v) is 4.89. The molecule has 14 heavy (non-hydrogen) atoms. The molecule has 74 valence electrons. The predicted molar refractivity (Wildman–Crippen MR) is 56.2 cm³/mol. The zero-order valence-electron chi connectivity index (χ0n) is 7.88. The van der Waals surface area contributed by atoms with Crippen LogP contribution in [0, 0.1) is 0 Å². The zero-order chi connectivity index (χ0) is 9.97. The Kier molecular flexibility index (Phi) is 2.78. The van der Waals surface area contributed by atoms with Crippen LogP contribution in [0.3, 0.4) is 0 Å². The van der Waals surface area contributed by atoms with Gasteiger partial charge in [0.25, 0.3) is 5.91 Å². The van der Waals surface area contributed by atoms with Crippen LogP contribution in [0.15, 0.2) is 11.4 Å². The number of allylic oxidation sites excluding steroid dienone is 2. The molecule has 0 unspecified atom stereocenters. The lowest BCUT2D eigenvalue weighted by Crippen LogP contribution is -2.21. The van der Waals surface area contributed by atoms with Crippen molar-refractivity contribution >= 4 is 25.3 Å². The number of amides is 2. The highest BCUT2D eigenvalue weighted by Gasteiger charge is 2.24. The predicted octanol–water partition coefficient (Wildman–Crippen LogP) is 1.61. The van der Waals surface area contributed by atoms with Crippen molar-refractivity contribution in [2.45, 2.75) is 32.1 Å². The highest BCUT2D eigenvalue weighted by atomic mass is 31.1. The first-order chi connectivity index (χ1) is 6.75. The van der Waals surface area contributed by atoms with E-state index in [0.29, 0.717) is 5.29 Å². The van der Waals surface area contributed by atoms with Crippen LogP contribution in [-0.2, 0) is 9.59 Å². The number of nitrogens with one attached hydrogen (secondary N) is 1. The monoisotopic (exact) mass is 209 g/mol. The lowest BCUT2D eigenvalue weighted by molar-refractivity contribution is -0.123. The van der Waals surface area contributed by atoms with Gasteiger partial charge in [-0.2, -0.15) is 0 Å². The number of carbonyl (C=O) groups is 2. The van der Waals surface area contributed by atoms with Crippen LogP contribution in [0.4, 0.5) is 0 Å². The van der Waals surface area contributed by atoms with Gasteiger partial charge in [0, 0.05) is 0 Å². The molecule has 0 radical (unpaired) electrons. The number of rotatable bonds is 1. The van der Waals surface area contributed by atoms with Crippen molar-refractivity contribution in [3.8, 4) is 0 Å². The van der Waals surface area contributed by atoms with E-state index in [1.807, 2.05) is 0 Å². The largest absolute Gasteiger partial charge is 0.292 e. The van der Waals surface area contributed by atoms with Crippen molar-refractivity contribution in [2.24, 2.45) is 0 Å². The number of hydrogen-bond acceptors (Lipinski definition) is 2. The van der Waals surface area contributed by atoms with Crippen molar-refractivity contribution in [1.82, 2.24) is 5.32 Å². The van der Waals surface area contributed by atoms with Crippen molar-refractivity contribution < 1.29 is 9.59 Å². The van der Waals surface area contributed by atoms with Crippen LogP contribution in [0.2, 0.25) is 0 Å². The van der Waals surface area contributed by atoms with Crippen LogP contribution in [0.5, 0.6) is 0 Å². The van der Waals surface area contributed by atoms with E-state index in [1.54, 1.807) is 0 Å². The SMILES string of the molecule is O=C1CC(=PC2=CCCCC2)C(=O)N1. The molecule has 3 nitrogen and oxygen atoms in total. The first kappa shape index (κ1) is 9.60. The molecule has 2 aliphatic rings. The molecule has 2 amide bonds. The summed E-state index contributed by atoms with van der Waals surface area (Å²) in [6.45, 7) is 0. The summed E-state index contributed by atoms with van der Waals surface area (Å²) in [4.78, 5) is 22.2. The Morgan fingerprint density at radius 3 is 2.71 bits per heavy atom. The summed E-state index contributed by atoms with van der Waals surface area (Å²) in [5, 5.41) is 4.32. The molecule has 1 aliphatic heterocycles. The van der Waals surface area contributed by atoms with Gasteiger partial charge in [-0.05, 0) is 31.0 Å². The highest BCUT2D eigenvalue weighted by Crippen LogP contribution is 2.28. The lowest BCUT2D eigenvalue weighted by atomic mass is 10.1. The van der Waals surface area contributed by atoms with Crippen molar-refractivity contribution in [1.29, 1.82) is 0 Å². The quantitative estimate of drug-likeness (QED) is 0.526. The van der Waals surface area contributed by atoms with Crippen molar-refractivity contribution in [3.63, 3.8) is 0 Å². The van der Waals surface area contributed by atoms with E-state index in [4.69, 9.17) is 0 Å². The normalized spacial score (nSPS) is 25.1. The molecule has 1 saturated heterocycles. The van der Waals surface area contributed by atoms with Crippen LogP contribution in [0.1, 0.15) is 32.1 Å². The van der Waals surface area contributed by atoms with Crippen LogP contribution in [0.25, 0.3) is 0 Å². The maximum atomic E-state index is 11.3. The van der Waals surface area contributed by atoms with Gasteiger partial charge in [-0.1, -0.05) is 14.3 Å². The maximum Gasteiger partial charge on any atom is 0.258 e. The Bertz CT molecular complexity index is 344. The minimum atomic E-state index is -0.178. The molecule has 2 rings (SSSR count). The molecular formula is C10H12NO2P. The molecular weight excluding hydrogens is 197 g/mol. The van der Waals surface area contributed by atoms with Crippen molar-refractivity contribution in [3.05, 3.63) is 11.4 Å². The summed E-state index contributed by atoms with van der Waals surface area (Å²) < 4.78 is 0. The standard InChI is InChI=1S/C10H12NO2P/c12-9-6-8(10(13)11-9)14-7-4-2-1-3-5-7/h4H,1-3,5-6H2,(H,11,12,13). The summed E-state index contributed by atoms with van der Waals surface area (Å²) in [5.41, 5.74) is 0. The molecule has 0 aromatic rings. The van der Waals surface area contributed by atoms with E-state index in [-0.39, 0.29) is 18.2 Å². The molecule has 1 fully saturated rings. The van der Waals surface area contributed by atoms with Crippen LogP contribution in [-0.4, -0.2) is 17.1 Å². The van der Waals surface area contributed by atoms with E-state index >= 15 is 0 Å². The average molecular weight is 209 g/mol. The smallest absolute Gasteiger partial charge is 0.258 e. The highest BCUT2D eigenvalue weighted by molar-refractivity contribution is 7.48. The minimum Gasteiger partial charge on any atom is -0.292 e. The fourth-order valence-corrected chi connectivity index (χ4v) is 2.88. The van der Waals surface area contributed by atoms with Gasteiger partial charge >= 0.3 is 0 Å². The molecule has 0 spiro atoms. The van der Waals surface area contributed by atoms with Gasteiger partial charge in [-0.3, -0.25) is 14.9 Å². The molecule has 0 saturated carbocycles. The Morgan fingerprint density at radius 2 is 2.14 bits per heavy atom. The van der Waals surface area contributed by atoms with E-state index in [0.717, 1.165) is 21.0 Å². The summed E-state index contributed by atoms with van der Waals surface area (Å²) >= 11 is 0. The van der Waals surface area contributed by atoms with Gasteiger partial charge < -0.3 is 0 Å². The lowest BCUT2D eigenvalue weighted by Gasteiger charge is -2.07. The molecule has 0 bridgehead atoms. The summed E-state index contributed by atoms with van der Waals surface area (Å²) in [6.07, 6.45) is 7.14. The van der Waals surface area contributed by atoms with Gasteiger partial charge in [-0.15, -0.1) is 0 Å². The van der Waals surface area contributed by atoms with Gasteiger partial charge in [0.2, 0.25) is 5.91 Å². The molecule has 0 aromatic carbocycles. The van der Waals surface area contributed by atoms with Gasteiger partial charge in [0.05, 0.1) is 11.7 Å². The van der Waals surface area contributed by atoms with Crippen LogP contribution >= 0.6 is 8.20 Å². The van der Waals surface area contributed by atoms with E-state index in [9.17, 15) is 9.59 Å². The Labute approximate surface area is 84.4 Å². The Hall–Kier alpha value is -0.950. The number of hydrogen-bond donors (Lipinski definition) is 1. The van der Waals surface area contributed by atoms with Gasteiger partial charge in [0.1, 0.15) is 0 Å². The second kappa shape index (κ2) is 4.05. The summed E-state index contributed by atoms with van der Waals surface area (Å²) in [7, 11) is 0.966. The Balaban J connectivity index is 2.13. The summed E-state index contributed by atoms with van der Waals surface area (Å²) in [5.74, 6) is -0.336. The molecule has 0 atom stereocenters. The third-order valence-electron chi connectivity index (χ3n) is 2.39. The average Bonchev–Trinajstić information content (AvgIpc) is 2.47. The van der Waals surface area contributed by atoms with E-state index in [2.05, 4.69) is 11.4 Å². The Morgan fingerprint density at radius 1 is 1.29 bits per heavy atom. The molecule has 1 N–H and O–H groups in total. The zero-order valence-corrected chi connectivity index (χ0v) is 8.77. The van der Waals surface area contributed by atoms with Crippen LogP contribution < -0.4 is 5.32 Å². The molecule has 1 aliphatic carbocycles. The number of imide groups is 1. The molecule has 1 heterocycles. The minimum absolute atomic E-state index is 0.158. The second-order valence-electron chi connectivity index (χ2n) is 3.55. The first-order valence-corrected chi connectivity index (χ1v) is 5.76. The van der Waals surface area contributed by atoms with Gasteiger partial charge in [-0.25, -0.2) is 0 Å². The topological polar surface area (TPSA) is 46.2 Å².